The fourth-order valence-electron chi connectivity index (χ4n) is 3.84. The minimum Gasteiger partial charge on any atom is -0.325 e. The van der Waals surface area contributed by atoms with E-state index in [1.54, 1.807) is 24.5 Å². The fourth-order valence-corrected chi connectivity index (χ4v) is 3.84. The minimum atomic E-state index is 0.513. The lowest BCUT2D eigenvalue weighted by Crippen LogP contribution is -2.42. The maximum Gasteiger partial charge on any atom is 0.229 e. The van der Waals surface area contributed by atoms with Crippen LogP contribution >= 0.6 is 0 Å². The van der Waals surface area contributed by atoms with Crippen molar-refractivity contribution in [2.24, 2.45) is 0 Å². The Kier molecular flexibility index (Phi) is 6.64. The van der Waals surface area contributed by atoms with Gasteiger partial charge in [-0.1, -0.05) is 18.2 Å². The van der Waals surface area contributed by atoms with E-state index in [0.29, 0.717) is 23.4 Å². The number of nitrogens with zero attached hydrogens (tertiary/aromatic N) is 6. The van der Waals surface area contributed by atoms with Gasteiger partial charge in [0.05, 0.1) is 0 Å². The van der Waals surface area contributed by atoms with E-state index in [-0.39, 0.29) is 0 Å². The summed E-state index contributed by atoms with van der Waals surface area (Å²) < 4.78 is 0. The Hall–Kier alpha value is -3.95. The van der Waals surface area contributed by atoms with Crippen LogP contribution in [0.2, 0.25) is 0 Å². The van der Waals surface area contributed by atoms with Crippen LogP contribution in [0.15, 0.2) is 67.0 Å². The van der Waals surface area contributed by atoms with Gasteiger partial charge in [-0.25, -0.2) is 19.9 Å². The van der Waals surface area contributed by atoms with Crippen LogP contribution in [0, 0.1) is 6.92 Å². The summed E-state index contributed by atoms with van der Waals surface area (Å²) in [6.45, 7) is 7.10. The molecule has 5 rings (SSSR count). The second kappa shape index (κ2) is 10.3. The van der Waals surface area contributed by atoms with Crippen LogP contribution in [-0.2, 0) is 6.54 Å². The first-order chi connectivity index (χ1) is 16.7. The van der Waals surface area contributed by atoms with Crippen LogP contribution in [0.4, 0.5) is 23.3 Å². The molecule has 1 saturated heterocycles. The molecule has 0 radical (unpaired) electrons. The van der Waals surface area contributed by atoms with Crippen LogP contribution in [-0.4, -0.2) is 56.0 Å². The zero-order valence-corrected chi connectivity index (χ0v) is 19.1. The number of hydrogen-bond donors (Lipinski definition) is 3. The largest absolute Gasteiger partial charge is 0.325 e. The summed E-state index contributed by atoms with van der Waals surface area (Å²) in [7, 11) is 0. The zero-order valence-electron chi connectivity index (χ0n) is 19.1. The van der Waals surface area contributed by atoms with E-state index in [2.05, 4.69) is 64.0 Å². The van der Waals surface area contributed by atoms with E-state index in [9.17, 15) is 0 Å². The van der Waals surface area contributed by atoms with Crippen molar-refractivity contribution in [3.63, 3.8) is 0 Å². The Labute approximate surface area is 198 Å². The highest BCUT2D eigenvalue weighted by Crippen LogP contribution is 2.20. The van der Waals surface area contributed by atoms with E-state index in [1.807, 2.05) is 31.2 Å². The lowest BCUT2D eigenvalue weighted by Gasteiger charge is -2.27. The number of nitrogens with one attached hydrogen (secondary N) is 3. The fraction of sp³-hybridized carbons (Fsp3) is 0.240. The van der Waals surface area contributed by atoms with Crippen molar-refractivity contribution < 1.29 is 0 Å². The molecular weight excluding hydrogens is 426 g/mol. The monoisotopic (exact) mass is 453 g/mol. The average Bonchev–Trinajstić information content (AvgIpc) is 2.85. The Morgan fingerprint density at radius 3 is 2.50 bits per heavy atom. The number of benzene rings is 1. The normalized spacial score (nSPS) is 14.0. The van der Waals surface area contributed by atoms with Gasteiger partial charge in [0.1, 0.15) is 17.3 Å². The molecule has 4 heterocycles. The van der Waals surface area contributed by atoms with Crippen molar-refractivity contribution in [3.8, 4) is 11.5 Å². The van der Waals surface area contributed by atoms with Crippen molar-refractivity contribution in [2.75, 3.05) is 36.8 Å². The molecule has 0 atom stereocenters. The van der Waals surface area contributed by atoms with Gasteiger partial charge in [-0.15, -0.1) is 0 Å². The topological polar surface area (TPSA) is 104 Å². The molecule has 0 bridgehead atoms. The SMILES string of the molecule is Cc1cccc(-c2nccc(Nc3ccnc(Nc4cccc(CN5CCNCC5)c4)n3)n2)n1. The second-order valence-electron chi connectivity index (χ2n) is 8.17. The van der Waals surface area contributed by atoms with Crippen molar-refractivity contribution in [1.29, 1.82) is 0 Å². The highest BCUT2D eigenvalue weighted by molar-refractivity contribution is 5.59. The number of aryl methyl sites for hydroxylation is 1. The van der Waals surface area contributed by atoms with E-state index in [0.717, 1.165) is 49.8 Å². The molecule has 1 fully saturated rings. The summed E-state index contributed by atoms with van der Waals surface area (Å²) in [5, 5.41) is 9.95. The third-order valence-electron chi connectivity index (χ3n) is 5.48. The molecular formula is C25H27N9. The molecule has 0 aliphatic carbocycles. The molecule has 172 valence electrons. The molecule has 0 spiro atoms. The van der Waals surface area contributed by atoms with Gasteiger partial charge < -0.3 is 16.0 Å². The smallest absolute Gasteiger partial charge is 0.229 e. The molecule has 1 aromatic carbocycles. The Morgan fingerprint density at radius 1 is 0.853 bits per heavy atom. The van der Waals surface area contributed by atoms with Crippen molar-refractivity contribution in [2.45, 2.75) is 13.5 Å². The standard InChI is InChI=1S/C25H27N9/c1-18-4-2-7-21(29-18)24-27-10-8-22(32-24)31-23-9-11-28-25(33-23)30-20-6-3-5-19(16-20)17-34-14-12-26-13-15-34/h2-11,16,26H,12-15,17H2,1H3,(H2,27,28,30,31,32,33). The maximum atomic E-state index is 4.60. The summed E-state index contributed by atoms with van der Waals surface area (Å²) >= 11 is 0. The summed E-state index contributed by atoms with van der Waals surface area (Å²) in [6.07, 6.45) is 3.42. The van der Waals surface area contributed by atoms with Crippen LogP contribution < -0.4 is 16.0 Å². The molecule has 3 N–H and O–H groups in total. The molecule has 9 nitrogen and oxygen atoms in total. The number of piperazine rings is 1. The van der Waals surface area contributed by atoms with E-state index < -0.39 is 0 Å². The second-order valence-corrected chi connectivity index (χ2v) is 8.17. The first-order valence-corrected chi connectivity index (χ1v) is 11.4. The number of aromatic nitrogens is 5. The van der Waals surface area contributed by atoms with Crippen molar-refractivity contribution in [1.82, 2.24) is 35.1 Å². The van der Waals surface area contributed by atoms with Crippen LogP contribution in [0.1, 0.15) is 11.3 Å². The van der Waals surface area contributed by atoms with Crippen molar-refractivity contribution in [3.05, 3.63) is 78.2 Å². The number of anilines is 4. The quantitative estimate of drug-likeness (QED) is 0.388. The van der Waals surface area contributed by atoms with Gasteiger partial charge in [0, 0.05) is 56.5 Å². The molecule has 0 amide bonds. The summed E-state index contributed by atoms with van der Waals surface area (Å²) in [4.78, 5) is 24.9. The molecule has 3 aromatic heterocycles. The summed E-state index contributed by atoms with van der Waals surface area (Å²) in [6, 6.07) is 17.8. The predicted molar refractivity (Wildman–Crippen MR) is 133 cm³/mol. The molecule has 1 aliphatic heterocycles. The zero-order chi connectivity index (χ0) is 23.2. The Morgan fingerprint density at radius 2 is 1.65 bits per heavy atom. The van der Waals surface area contributed by atoms with Gasteiger partial charge in [0.15, 0.2) is 5.82 Å². The van der Waals surface area contributed by atoms with Gasteiger partial charge in [-0.05, 0) is 48.9 Å². The summed E-state index contributed by atoms with van der Waals surface area (Å²) in [5.74, 6) is 2.34. The molecule has 0 unspecified atom stereocenters. The van der Waals surface area contributed by atoms with E-state index >= 15 is 0 Å². The predicted octanol–water partition coefficient (Wildman–Crippen LogP) is 3.53. The third kappa shape index (κ3) is 5.69. The van der Waals surface area contributed by atoms with E-state index in [1.165, 1.54) is 5.56 Å². The minimum absolute atomic E-state index is 0.513. The number of rotatable bonds is 7. The highest BCUT2D eigenvalue weighted by atomic mass is 15.2. The molecule has 0 saturated carbocycles. The first kappa shape index (κ1) is 21.9. The van der Waals surface area contributed by atoms with Crippen LogP contribution in [0.5, 0.6) is 0 Å². The molecule has 1 aliphatic rings. The lowest BCUT2D eigenvalue weighted by molar-refractivity contribution is 0.233. The molecule has 9 heteroatoms. The Bertz CT molecular complexity index is 1250. The van der Waals surface area contributed by atoms with Crippen LogP contribution in [0.3, 0.4) is 0 Å². The van der Waals surface area contributed by atoms with Gasteiger partial charge in [-0.2, -0.15) is 4.98 Å². The first-order valence-electron chi connectivity index (χ1n) is 11.4. The lowest BCUT2D eigenvalue weighted by atomic mass is 10.2. The number of pyridine rings is 1. The average molecular weight is 454 g/mol. The summed E-state index contributed by atoms with van der Waals surface area (Å²) in [5.41, 5.74) is 3.87. The van der Waals surface area contributed by atoms with Gasteiger partial charge in [-0.3, -0.25) is 4.90 Å². The van der Waals surface area contributed by atoms with E-state index in [4.69, 9.17) is 0 Å². The third-order valence-corrected chi connectivity index (χ3v) is 5.48. The van der Waals surface area contributed by atoms with Gasteiger partial charge in [0.25, 0.3) is 0 Å². The maximum absolute atomic E-state index is 4.60. The molecule has 4 aromatic rings. The number of hydrogen-bond acceptors (Lipinski definition) is 9. The van der Waals surface area contributed by atoms with Crippen molar-refractivity contribution >= 4 is 23.3 Å². The molecule has 34 heavy (non-hydrogen) atoms. The van der Waals surface area contributed by atoms with Crippen LogP contribution in [0.25, 0.3) is 11.5 Å². The van der Waals surface area contributed by atoms with Gasteiger partial charge >= 0.3 is 0 Å². The van der Waals surface area contributed by atoms with Gasteiger partial charge in [0.2, 0.25) is 5.95 Å². The Balaban J connectivity index is 1.27. The highest BCUT2D eigenvalue weighted by Gasteiger charge is 2.10.